The van der Waals surface area contributed by atoms with E-state index in [0.29, 0.717) is 11.8 Å². The zero-order valence-electron chi connectivity index (χ0n) is 11.9. The molecule has 1 N–H and O–H groups in total. The molecule has 1 aliphatic rings. The predicted octanol–water partition coefficient (Wildman–Crippen LogP) is 4.48. The van der Waals surface area contributed by atoms with E-state index in [2.05, 4.69) is 39.0 Å². The van der Waals surface area contributed by atoms with Crippen molar-refractivity contribution >= 4 is 0 Å². The van der Waals surface area contributed by atoms with Crippen molar-refractivity contribution in [1.29, 1.82) is 0 Å². The molecule has 0 radical (unpaired) electrons. The van der Waals surface area contributed by atoms with E-state index < -0.39 is 5.60 Å². The average Bonchev–Trinajstić information content (AvgIpc) is 2.23. The van der Waals surface area contributed by atoms with E-state index in [-0.39, 0.29) is 0 Å². The van der Waals surface area contributed by atoms with E-state index in [1.807, 2.05) is 6.92 Å². The second-order valence-electron chi connectivity index (χ2n) is 6.16. The lowest BCUT2D eigenvalue weighted by Gasteiger charge is -2.21. The summed E-state index contributed by atoms with van der Waals surface area (Å²) in [5.74, 6) is 1.33. The summed E-state index contributed by atoms with van der Waals surface area (Å²) in [4.78, 5) is 0. The van der Waals surface area contributed by atoms with Crippen LogP contribution in [0.5, 0.6) is 0 Å². The monoisotopic (exact) mass is 236 g/mol. The Balaban J connectivity index is 2.76. The first-order chi connectivity index (χ1) is 7.91. The number of hydrogen-bond acceptors (Lipinski definition) is 1. The smallest absolute Gasteiger partial charge is 0.0657 e. The molecule has 0 aromatic rings. The molecular weight excluding hydrogens is 208 g/mol. The van der Waals surface area contributed by atoms with Gasteiger partial charge in [-0.05, 0) is 57.8 Å². The van der Waals surface area contributed by atoms with Gasteiger partial charge >= 0.3 is 0 Å². The van der Waals surface area contributed by atoms with Crippen LogP contribution in [0, 0.1) is 11.8 Å². The topological polar surface area (TPSA) is 20.2 Å². The van der Waals surface area contributed by atoms with Gasteiger partial charge in [-0.3, -0.25) is 0 Å². The molecule has 2 atom stereocenters. The van der Waals surface area contributed by atoms with Gasteiger partial charge < -0.3 is 5.11 Å². The van der Waals surface area contributed by atoms with Crippen LogP contribution in [-0.2, 0) is 0 Å². The van der Waals surface area contributed by atoms with E-state index in [1.54, 1.807) is 0 Å². The standard InChI is InChI=1S/C16H28O/c1-13(2)15-8-6-12-16(4,17)11-5-7-14(3)9-10-15/h6-8,13,15,17H,5,9-12H2,1-4H3/b8-6+,14-7+/t15-,16?/m1/s1. The van der Waals surface area contributed by atoms with Gasteiger partial charge in [0.1, 0.15) is 0 Å². The Morgan fingerprint density at radius 2 is 2.12 bits per heavy atom. The Kier molecular flexibility index (Phi) is 5.45. The molecule has 0 saturated heterocycles. The number of rotatable bonds is 1. The molecule has 0 aliphatic heterocycles. The highest BCUT2D eigenvalue weighted by atomic mass is 16.3. The summed E-state index contributed by atoms with van der Waals surface area (Å²) in [6.07, 6.45) is 11.9. The summed E-state index contributed by atoms with van der Waals surface area (Å²) >= 11 is 0. The molecule has 17 heavy (non-hydrogen) atoms. The fourth-order valence-corrected chi connectivity index (χ4v) is 2.38. The Labute approximate surface area is 107 Å². The molecule has 0 amide bonds. The zero-order chi connectivity index (χ0) is 12.9. The summed E-state index contributed by atoms with van der Waals surface area (Å²) in [7, 11) is 0. The van der Waals surface area contributed by atoms with Crippen LogP contribution < -0.4 is 0 Å². The van der Waals surface area contributed by atoms with Crippen molar-refractivity contribution in [2.75, 3.05) is 0 Å². The number of hydrogen-bond donors (Lipinski definition) is 1. The Morgan fingerprint density at radius 1 is 1.41 bits per heavy atom. The van der Waals surface area contributed by atoms with Gasteiger partial charge in [-0.1, -0.05) is 37.6 Å². The summed E-state index contributed by atoms with van der Waals surface area (Å²) in [6, 6.07) is 0. The maximum absolute atomic E-state index is 10.2. The largest absolute Gasteiger partial charge is 0.390 e. The molecule has 0 fully saturated rings. The van der Waals surface area contributed by atoms with E-state index in [9.17, 15) is 5.11 Å². The second-order valence-corrected chi connectivity index (χ2v) is 6.16. The highest BCUT2D eigenvalue weighted by molar-refractivity contribution is 5.03. The van der Waals surface area contributed by atoms with Crippen molar-refractivity contribution < 1.29 is 5.11 Å². The highest BCUT2D eigenvalue weighted by Gasteiger charge is 2.18. The minimum absolute atomic E-state index is 0.543. The van der Waals surface area contributed by atoms with Crippen LogP contribution in [0.4, 0.5) is 0 Å². The highest BCUT2D eigenvalue weighted by Crippen LogP contribution is 2.25. The fourth-order valence-electron chi connectivity index (χ4n) is 2.38. The molecule has 0 aromatic heterocycles. The first-order valence-corrected chi connectivity index (χ1v) is 6.95. The van der Waals surface area contributed by atoms with Crippen molar-refractivity contribution in [3.63, 3.8) is 0 Å². The van der Waals surface area contributed by atoms with Crippen LogP contribution in [0.3, 0.4) is 0 Å². The predicted molar refractivity (Wildman–Crippen MR) is 74.9 cm³/mol. The Bertz CT molecular complexity index is 284. The SMILES string of the molecule is C/C1=C\CCC(C)(O)C/C=C/[C@@H](C(C)C)CC1. The maximum Gasteiger partial charge on any atom is 0.0657 e. The van der Waals surface area contributed by atoms with Crippen molar-refractivity contribution in [3.8, 4) is 0 Å². The normalized spacial score (nSPS) is 37.1. The number of allylic oxidation sites excluding steroid dienone is 3. The summed E-state index contributed by atoms with van der Waals surface area (Å²) in [5.41, 5.74) is 0.931. The molecule has 1 aliphatic carbocycles. The first kappa shape index (κ1) is 14.5. The molecule has 1 unspecified atom stereocenters. The van der Waals surface area contributed by atoms with Crippen LogP contribution in [-0.4, -0.2) is 10.7 Å². The lowest BCUT2D eigenvalue weighted by molar-refractivity contribution is 0.0549. The quantitative estimate of drug-likeness (QED) is 0.666. The molecule has 0 heterocycles. The van der Waals surface area contributed by atoms with Gasteiger partial charge in [0.15, 0.2) is 0 Å². The molecule has 0 spiro atoms. The Hall–Kier alpha value is -0.560. The van der Waals surface area contributed by atoms with Gasteiger partial charge in [0.25, 0.3) is 0 Å². The summed E-state index contributed by atoms with van der Waals surface area (Å²) in [6.45, 7) is 8.73. The van der Waals surface area contributed by atoms with Crippen LogP contribution >= 0.6 is 0 Å². The van der Waals surface area contributed by atoms with Gasteiger partial charge in [-0.25, -0.2) is 0 Å². The lowest BCUT2D eigenvalue weighted by Crippen LogP contribution is -2.22. The van der Waals surface area contributed by atoms with Crippen molar-refractivity contribution in [3.05, 3.63) is 23.8 Å². The van der Waals surface area contributed by atoms with Crippen molar-refractivity contribution in [2.24, 2.45) is 11.8 Å². The van der Waals surface area contributed by atoms with E-state index >= 15 is 0 Å². The van der Waals surface area contributed by atoms with Crippen LogP contribution in [0.1, 0.15) is 59.8 Å². The van der Waals surface area contributed by atoms with Gasteiger partial charge in [-0.2, -0.15) is 0 Å². The fraction of sp³-hybridized carbons (Fsp3) is 0.750. The average molecular weight is 236 g/mol. The van der Waals surface area contributed by atoms with Gasteiger partial charge in [0.05, 0.1) is 5.60 Å². The minimum atomic E-state index is -0.543. The third-order valence-corrected chi connectivity index (χ3v) is 3.84. The van der Waals surface area contributed by atoms with E-state index in [4.69, 9.17) is 0 Å². The Morgan fingerprint density at radius 3 is 2.76 bits per heavy atom. The summed E-state index contributed by atoms with van der Waals surface area (Å²) < 4.78 is 0. The number of aliphatic hydroxyl groups is 1. The van der Waals surface area contributed by atoms with Crippen molar-refractivity contribution in [2.45, 2.75) is 65.4 Å². The third-order valence-electron chi connectivity index (χ3n) is 3.84. The molecule has 0 aromatic carbocycles. The molecule has 1 nitrogen and oxygen atoms in total. The lowest BCUT2D eigenvalue weighted by atomic mass is 9.89. The zero-order valence-corrected chi connectivity index (χ0v) is 11.9. The molecule has 1 rings (SSSR count). The molecular formula is C16H28O. The van der Waals surface area contributed by atoms with Crippen LogP contribution in [0.15, 0.2) is 23.8 Å². The van der Waals surface area contributed by atoms with Gasteiger partial charge in [0.2, 0.25) is 0 Å². The van der Waals surface area contributed by atoms with Crippen LogP contribution in [0.25, 0.3) is 0 Å². The van der Waals surface area contributed by atoms with Crippen LogP contribution in [0.2, 0.25) is 0 Å². The molecule has 0 saturated carbocycles. The molecule has 1 heteroatoms. The minimum Gasteiger partial charge on any atom is -0.390 e. The van der Waals surface area contributed by atoms with Gasteiger partial charge in [-0.15, -0.1) is 0 Å². The molecule has 0 bridgehead atoms. The molecule has 98 valence electrons. The van der Waals surface area contributed by atoms with E-state index in [1.165, 1.54) is 18.4 Å². The van der Waals surface area contributed by atoms with E-state index in [0.717, 1.165) is 19.3 Å². The maximum atomic E-state index is 10.2. The third kappa shape index (κ3) is 5.54. The first-order valence-electron chi connectivity index (χ1n) is 6.95. The van der Waals surface area contributed by atoms with Crippen molar-refractivity contribution in [1.82, 2.24) is 0 Å². The second kappa shape index (κ2) is 6.39. The summed E-state index contributed by atoms with van der Waals surface area (Å²) in [5, 5.41) is 10.2. The van der Waals surface area contributed by atoms with Gasteiger partial charge in [0, 0.05) is 0 Å².